The van der Waals surface area contributed by atoms with Crippen molar-refractivity contribution in [2.24, 2.45) is 5.11 Å². The zero-order valence-corrected chi connectivity index (χ0v) is 15.9. The first-order valence-electron chi connectivity index (χ1n) is 8.45. The van der Waals surface area contributed by atoms with Gasteiger partial charge in [0.05, 0.1) is 11.6 Å². The van der Waals surface area contributed by atoms with Crippen molar-refractivity contribution >= 4 is 8.32 Å². The molecule has 0 spiro atoms. The average molecular weight is 312 g/mol. The molecule has 0 aromatic carbocycles. The second-order valence-electron chi connectivity index (χ2n) is 7.70. The lowest BCUT2D eigenvalue weighted by Gasteiger charge is -2.51. The van der Waals surface area contributed by atoms with Crippen LogP contribution in [0.3, 0.4) is 0 Å². The van der Waals surface area contributed by atoms with E-state index in [1.807, 2.05) is 0 Å². The fraction of sp³-hybridized carbons (Fsp3) is 1.00. The van der Waals surface area contributed by atoms with Gasteiger partial charge in [-0.3, -0.25) is 0 Å². The third kappa shape index (κ3) is 3.64. The summed E-state index contributed by atoms with van der Waals surface area (Å²) in [7, 11) is -1.94. The molecular weight excluding hydrogens is 278 g/mol. The molecule has 5 heteroatoms. The predicted octanol–water partition coefficient (Wildman–Crippen LogP) is 6.19. The fourth-order valence-corrected chi connectivity index (χ4v) is 10.2. The maximum Gasteiger partial charge on any atom is 0.201 e. The molecule has 2 atom stereocenters. The van der Waals surface area contributed by atoms with Gasteiger partial charge in [-0.1, -0.05) is 59.5 Å². The van der Waals surface area contributed by atoms with E-state index in [0.717, 1.165) is 19.3 Å². The van der Waals surface area contributed by atoms with Crippen LogP contribution in [0.25, 0.3) is 10.4 Å². The van der Waals surface area contributed by atoms with Gasteiger partial charge in [-0.15, -0.1) is 0 Å². The van der Waals surface area contributed by atoms with E-state index in [0.29, 0.717) is 16.6 Å². The Morgan fingerprint density at radius 2 is 1.62 bits per heavy atom. The quantitative estimate of drug-likeness (QED) is 0.250. The van der Waals surface area contributed by atoms with Gasteiger partial charge in [0.25, 0.3) is 0 Å². The van der Waals surface area contributed by atoms with E-state index in [-0.39, 0.29) is 11.6 Å². The Labute approximate surface area is 131 Å². The molecular formula is C16H33N3OSi. The molecule has 1 fully saturated rings. The van der Waals surface area contributed by atoms with Crippen LogP contribution >= 0.6 is 0 Å². The van der Waals surface area contributed by atoms with Gasteiger partial charge in [-0.2, -0.15) is 0 Å². The Morgan fingerprint density at radius 1 is 1.10 bits per heavy atom. The third-order valence-electron chi connectivity index (χ3n) is 5.41. The molecule has 21 heavy (non-hydrogen) atoms. The van der Waals surface area contributed by atoms with Crippen LogP contribution in [0.1, 0.15) is 74.1 Å². The Hall–Kier alpha value is -0.513. The van der Waals surface area contributed by atoms with Crippen LogP contribution in [-0.2, 0) is 4.43 Å². The Kier molecular flexibility index (Phi) is 6.32. The Bertz CT molecular complexity index is 369. The molecule has 122 valence electrons. The summed E-state index contributed by atoms with van der Waals surface area (Å²) in [5.74, 6) is 0. The zero-order valence-electron chi connectivity index (χ0n) is 14.9. The van der Waals surface area contributed by atoms with Gasteiger partial charge in [0.2, 0.25) is 8.32 Å². The second-order valence-corrected chi connectivity index (χ2v) is 13.1. The molecule has 4 nitrogen and oxygen atoms in total. The van der Waals surface area contributed by atoms with Crippen molar-refractivity contribution in [3.8, 4) is 0 Å². The number of hydrogen-bond donors (Lipinski definition) is 0. The van der Waals surface area contributed by atoms with E-state index in [9.17, 15) is 0 Å². The van der Waals surface area contributed by atoms with Crippen LogP contribution in [-0.4, -0.2) is 20.0 Å². The first kappa shape index (κ1) is 18.5. The normalized spacial score (nSPS) is 27.2. The summed E-state index contributed by atoms with van der Waals surface area (Å²) in [6.45, 7) is 16.0. The third-order valence-corrected chi connectivity index (χ3v) is 11.6. The summed E-state index contributed by atoms with van der Waals surface area (Å²) in [5.41, 5.74) is 10.3. The smallest absolute Gasteiger partial charge is 0.201 e. The minimum absolute atomic E-state index is 0.0145. The lowest BCUT2D eigenvalue weighted by Crippen LogP contribution is -2.57. The van der Waals surface area contributed by atoms with Crippen LogP contribution < -0.4 is 0 Å². The Balaban J connectivity index is 3.18. The summed E-state index contributed by atoms with van der Waals surface area (Å²) in [6.07, 6.45) is 4.28. The predicted molar refractivity (Wildman–Crippen MR) is 91.9 cm³/mol. The molecule has 1 aliphatic carbocycles. The molecule has 0 amide bonds. The van der Waals surface area contributed by atoms with Gasteiger partial charge in [0.1, 0.15) is 0 Å². The SMILES string of the molecule is CC(C)[Si](O[C@@]1(C)CCCC[C@H]1N=[N+]=[N-])(C(C)C)C(C)C. The molecule has 0 N–H and O–H groups in total. The first-order chi connectivity index (χ1) is 9.70. The van der Waals surface area contributed by atoms with Crippen LogP contribution in [0.5, 0.6) is 0 Å². The van der Waals surface area contributed by atoms with Crippen molar-refractivity contribution in [3.63, 3.8) is 0 Å². The first-order valence-corrected chi connectivity index (χ1v) is 10.6. The highest BCUT2D eigenvalue weighted by molar-refractivity contribution is 6.77. The highest BCUT2D eigenvalue weighted by Crippen LogP contribution is 2.47. The van der Waals surface area contributed by atoms with Gasteiger partial charge in [0.15, 0.2) is 0 Å². The molecule has 1 aliphatic rings. The van der Waals surface area contributed by atoms with Crippen molar-refractivity contribution in [1.82, 2.24) is 0 Å². The van der Waals surface area contributed by atoms with Crippen LogP contribution in [0.4, 0.5) is 0 Å². The Morgan fingerprint density at radius 3 is 2.05 bits per heavy atom. The average Bonchev–Trinajstić information content (AvgIpc) is 2.38. The minimum Gasteiger partial charge on any atom is -0.410 e. The number of nitrogens with zero attached hydrogens (tertiary/aromatic N) is 3. The van der Waals surface area contributed by atoms with Crippen molar-refractivity contribution in [2.45, 2.75) is 102 Å². The van der Waals surface area contributed by atoms with E-state index in [1.165, 1.54) is 6.42 Å². The van der Waals surface area contributed by atoms with Gasteiger partial charge in [-0.05, 0) is 41.9 Å². The van der Waals surface area contributed by atoms with Crippen molar-refractivity contribution in [1.29, 1.82) is 0 Å². The highest BCUT2D eigenvalue weighted by atomic mass is 28.4. The molecule has 0 heterocycles. The largest absolute Gasteiger partial charge is 0.410 e. The standard InChI is InChI=1S/C16H33N3OSi/c1-12(2)21(13(3)4,14(5)6)20-16(7)11-9-8-10-15(16)18-19-17/h12-15H,8-11H2,1-7H3/t15-,16+/m1/s1. The monoisotopic (exact) mass is 311 g/mol. The lowest BCUT2D eigenvalue weighted by molar-refractivity contribution is 0.0120. The van der Waals surface area contributed by atoms with Crippen molar-refractivity contribution < 1.29 is 4.43 Å². The van der Waals surface area contributed by atoms with E-state index in [1.54, 1.807) is 0 Å². The fourth-order valence-electron chi connectivity index (χ4n) is 4.40. The summed E-state index contributed by atoms with van der Waals surface area (Å²) in [6, 6.07) is -0.0145. The maximum absolute atomic E-state index is 8.89. The van der Waals surface area contributed by atoms with E-state index >= 15 is 0 Å². The minimum atomic E-state index is -1.94. The summed E-state index contributed by atoms with van der Waals surface area (Å²) in [5, 5.41) is 4.08. The van der Waals surface area contributed by atoms with Crippen LogP contribution in [0.2, 0.25) is 16.6 Å². The molecule has 0 saturated heterocycles. The van der Waals surface area contributed by atoms with E-state index < -0.39 is 8.32 Å². The molecule has 1 rings (SSSR count). The number of hydrogen-bond acceptors (Lipinski definition) is 2. The molecule has 0 aromatic heterocycles. The van der Waals surface area contributed by atoms with Gasteiger partial charge < -0.3 is 4.43 Å². The molecule has 0 unspecified atom stereocenters. The second kappa shape index (κ2) is 7.17. The van der Waals surface area contributed by atoms with Crippen molar-refractivity contribution in [3.05, 3.63) is 10.4 Å². The highest BCUT2D eigenvalue weighted by Gasteiger charge is 2.51. The van der Waals surface area contributed by atoms with E-state index in [4.69, 9.17) is 9.96 Å². The number of azide groups is 1. The molecule has 0 aromatic rings. The summed E-state index contributed by atoms with van der Waals surface area (Å²) < 4.78 is 6.99. The van der Waals surface area contributed by atoms with Gasteiger partial charge >= 0.3 is 0 Å². The molecule has 1 saturated carbocycles. The summed E-state index contributed by atoms with van der Waals surface area (Å²) in [4.78, 5) is 3.08. The lowest BCUT2D eigenvalue weighted by atomic mass is 9.82. The zero-order chi connectivity index (χ0) is 16.3. The van der Waals surface area contributed by atoms with Gasteiger partial charge in [-0.25, -0.2) is 0 Å². The molecule has 0 bridgehead atoms. The topological polar surface area (TPSA) is 58.0 Å². The molecule has 0 radical (unpaired) electrons. The van der Waals surface area contributed by atoms with Crippen molar-refractivity contribution in [2.75, 3.05) is 0 Å². The van der Waals surface area contributed by atoms with Gasteiger partial charge in [0, 0.05) is 4.91 Å². The molecule has 0 aliphatic heterocycles. The van der Waals surface area contributed by atoms with Crippen LogP contribution in [0, 0.1) is 0 Å². The maximum atomic E-state index is 8.89. The van der Waals surface area contributed by atoms with Crippen LogP contribution in [0.15, 0.2) is 5.11 Å². The van der Waals surface area contributed by atoms with E-state index in [2.05, 4.69) is 58.5 Å². The summed E-state index contributed by atoms with van der Waals surface area (Å²) >= 11 is 0. The number of rotatable bonds is 6.